The van der Waals surface area contributed by atoms with Crippen LogP contribution in [0.15, 0.2) is 41.8 Å². The van der Waals surface area contributed by atoms with Gasteiger partial charge in [-0.1, -0.05) is 37.3 Å². The largest absolute Gasteiger partial charge is 0.393 e. The Kier molecular flexibility index (Phi) is 5.47. The van der Waals surface area contributed by atoms with E-state index in [1.807, 2.05) is 41.8 Å². The summed E-state index contributed by atoms with van der Waals surface area (Å²) in [5, 5.41) is 1.96. The summed E-state index contributed by atoms with van der Waals surface area (Å²) in [6.07, 6.45) is 1.37. The van der Waals surface area contributed by atoms with Crippen LogP contribution >= 0.6 is 23.6 Å². The number of aryl methyl sites for hydroxylation is 1. The molecule has 0 aliphatic rings. The average molecular weight is 318 g/mol. The molecule has 3 nitrogen and oxygen atoms in total. The van der Waals surface area contributed by atoms with Gasteiger partial charge in [0.25, 0.3) is 5.91 Å². The molecule has 0 unspecified atom stereocenters. The number of carbonyl (C=O) groups is 1. The van der Waals surface area contributed by atoms with E-state index in [0.29, 0.717) is 18.0 Å². The lowest BCUT2D eigenvalue weighted by Crippen LogP contribution is -2.33. The van der Waals surface area contributed by atoms with E-state index in [1.54, 1.807) is 4.90 Å². The molecule has 0 aliphatic heterocycles. The number of nitrogens with zero attached hydrogens (tertiary/aromatic N) is 1. The van der Waals surface area contributed by atoms with E-state index in [9.17, 15) is 4.79 Å². The third-order valence-corrected chi connectivity index (χ3v) is 4.37. The van der Waals surface area contributed by atoms with Crippen molar-refractivity contribution in [3.63, 3.8) is 0 Å². The Morgan fingerprint density at radius 1 is 1.29 bits per heavy atom. The van der Waals surface area contributed by atoms with Crippen LogP contribution in [0, 0.1) is 0 Å². The molecule has 0 atom stereocenters. The Balaban J connectivity index is 2.30. The van der Waals surface area contributed by atoms with E-state index in [0.717, 1.165) is 22.5 Å². The maximum absolute atomic E-state index is 12.9. The van der Waals surface area contributed by atoms with E-state index >= 15 is 0 Å². The smallest absolute Gasteiger partial charge is 0.268 e. The fraction of sp³-hybridized carbons (Fsp3) is 0.250. The van der Waals surface area contributed by atoms with Gasteiger partial charge < -0.3 is 10.6 Å². The molecule has 0 fully saturated rings. The first-order valence-corrected chi connectivity index (χ1v) is 8.13. The molecular weight excluding hydrogens is 300 g/mol. The van der Waals surface area contributed by atoms with Crippen LogP contribution in [0.2, 0.25) is 0 Å². The fourth-order valence-corrected chi connectivity index (χ4v) is 3.14. The minimum atomic E-state index is 0.0179. The second-order valence-corrected chi connectivity index (χ2v) is 6.08. The third kappa shape index (κ3) is 3.89. The van der Waals surface area contributed by atoms with Crippen molar-refractivity contribution in [2.45, 2.75) is 19.8 Å². The van der Waals surface area contributed by atoms with Crippen molar-refractivity contribution in [2.24, 2.45) is 5.73 Å². The van der Waals surface area contributed by atoms with Gasteiger partial charge in [-0.2, -0.15) is 0 Å². The number of carbonyl (C=O) groups excluding carboxylic acids is 1. The number of benzene rings is 1. The Morgan fingerprint density at radius 2 is 2.00 bits per heavy atom. The number of amides is 1. The minimum Gasteiger partial charge on any atom is -0.393 e. The molecule has 2 rings (SSSR count). The van der Waals surface area contributed by atoms with Gasteiger partial charge in [-0.3, -0.25) is 4.79 Å². The van der Waals surface area contributed by atoms with Crippen LogP contribution in [0.3, 0.4) is 0 Å². The lowest BCUT2D eigenvalue weighted by atomic mass is 10.1. The third-order valence-electron chi connectivity index (χ3n) is 3.22. The van der Waals surface area contributed by atoms with Crippen molar-refractivity contribution in [3.05, 3.63) is 52.2 Å². The van der Waals surface area contributed by atoms with Crippen molar-refractivity contribution in [3.8, 4) is 0 Å². The molecule has 21 heavy (non-hydrogen) atoms. The summed E-state index contributed by atoms with van der Waals surface area (Å²) < 4.78 is 0. The predicted octanol–water partition coefficient (Wildman–Crippen LogP) is 3.63. The lowest BCUT2D eigenvalue weighted by Gasteiger charge is -2.22. The second kappa shape index (κ2) is 7.33. The number of rotatable bonds is 6. The van der Waals surface area contributed by atoms with Gasteiger partial charge in [0.1, 0.15) is 0 Å². The summed E-state index contributed by atoms with van der Waals surface area (Å²) >= 11 is 6.43. The van der Waals surface area contributed by atoms with Gasteiger partial charge in [0.15, 0.2) is 0 Å². The molecule has 2 N–H and O–H groups in total. The first-order valence-electron chi connectivity index (χ1n) is 6.85. The quantitative estimate of drug-likeness (QED) is 0.827. The molecular formula is C16H18N2OS2. The number of para-hydroxylation sites is 1. The molecule has 0 spiro atoms. The Hall–Kier alpha value is -1.72. The highest BCUT2D eigenvalue weighted by Gasteiger charge is 2.21. The molecule has 0 saturated heterocycles. The lowest BCUT2D eigenvalue weighted by molar-refractivity contribution is 0.0991. The van der Waals surface area contributed by atoms with E-state index in [-0.39, 0.29) is 5.91 Å². The molecule has 0 radical (unpaired) electrons. The van der Waals surface area contributed by atoms with Crippen LogP contribution in [-0.2, 0) is 6.42 Å². The van der Waals surface area contributed by atoms with Gasteiger partial charge >= 0.3 is 0 Å². The normalized spacial score (nSPS) is 10.3. The van der Waals surface area contributed by atoms with Gasteiger partial charge in [-0.25, -0.2) is 0 Å². The highest BCUT2D eigenvalue weighted by molar-refractivity contribution is 7.80. The molecule has 1 aromatic heterocycles. The molecule has 110 valence electrons. The maximum Gasteiger partial charge on any atom is 0.268 e. The summed E-state index contributed by atoms with van der Waals surface area (Å²) in [6.45, 7) is 2.56. The molecule has 1 aromatic carbocycles. The van der Waals surface area contributed by atoms with Crippen LogP contribution in [0.5, 0.6) is 0 Å². The Morgan fingerprint density at radius 3 is 2.62 bits per heavy atom. The standard InChI is InChI=1S/C16H18N2OS2/c1-2-12-9-11-21-15(12)16(19)18(10-8-14(17)20)13-6-4-3-5-7-13/h3-7,9,11H,2,8,10H2,1H3,(H2,17,20). The second-order valence-electron chi connectivity index (χ2n) is 4.64. The van der Waals surface area contributed by atoms with Gasteiger partial charge in [0.05, 0.1) is 9.87 Å². The van der Waals surface area contributed by atoms with Crippen molar-refractivity contribution >= 4 is 40.1 Å². The number of thiocarbonyl (C=S) groups is 1. The fourth-order valence-electron chi connectivity index (χ4n) is 2.10. The highest BCUT2D eigenvalue weighted by atomic mass is 32.1. The zero-order valence-electron chi connectivity index (χ0n) is 11.9. The van der Waals surface area contributed by atoms with Crippen molar-refractivity contribution < 1.29 is 4.79 Å². The molecule has 2 aromatic rings. The predicted molar refractivity (Wildman–Crippen MR) is 93.2 cm³/mol. The summed E-state index contributed by atoms with van der Waals surface area (Å²) in [7, 11) is 0. The number of hydrogen-bond donors (Lipinski definition) is 1. The number of nitrogens with two attached hydrogens (primary N) is 1. The minimum absolute atomic E-state index is 0.0179. The monoisotopic (exact) mass is 318 g/mol. The highest BCUT2D eigenvalue weighted by Crippen LogP contribution is 2.23. The summed E-state index contributed by atoms with van der Waals surface area (Å²) in [6, 6.07) is 11.6. The Labute approximate surface area is 134 Å². The average Bonchev–Trinajstić information content (AvgIpc) is 2.96. The summed E-state index contributed by atoms with van der Waals surface area (Å²) in [5.41, 5.74) is 7.54. The molecule has 0 bridgehead atoms. The molecule has 0 saturated carbocycles. The van der Waals surface area contributed by atoms with Gasteiger partial charge in [-0.15, -0.1) is 11.3 Å². The van der Waals surface area contributed by atoms with Gasteiger partial charge in [0, 0.05) is 18.7 Å². The Bertz CT molecular complexity index is 622. The van der Waals surface area contributed by atoms with E-state index in [2.05, 4.69) is 6.92 Å². The van der Waals surface area contributed by atoms with Crippen molar-refractivity contribution in [1.82, 2.24) is 0 Å². The van der Waals surface area contributed by atoms with Gasteiger partial charge in [-0.05, 0) is 35.6 Å². The topological polar surface area (TPSA) is 46.3 Å². The molecule has 1 heterocycles. The van der Waals surface area contributed by atoms with Crippen molar-refractivity contribution in [2.75, 3.05) is 11.4 Å². The first-order chi connectivity index (χ1) is 10.1. The van der Waals surface area contributed by atoms with Crippen LogP contribution in [0.4, 0.5) is 5.69 Å². The first kappa shape index (κ1) is 15.7. The van der Waals surface area contributed by atoms with Crippen LogP contribution in [0.1, 0.15) is 28.6 Å². The van der Waals surface area contributed by atoms with E-state index in [1.165, 1.54) is 11.3 Å². The molecule has 0 aliphatic carbocycles. The van der Waals surface area contributed by atoms with Gasteiger partial charge in [0.2, 0.25) is 0 Å². The zero-order chi connectivity index (χ0) is 15.2. The van der Waals surface area contributed by atoms with Crippen molar-refractivity contribution in [1.29, 1.82) is 0 Å². The van der Waals surface area contributed by atoms with Crippen LogP contribution < -0.4 is 10.6 Å². The SMILES string of the molecule is CCc1ccsc1C(=O)N(CCC(N)=S)c1ccccc1. The molecule has 5 heteroatoms. The zero-order valence-corrected chi connectivity index (χ0v) is 13.5. The van der Waals surface area contributed by atoms with Crippen LogP contribution in [-0.4, -0.2) is 17.4 Å². The number of anilines is 1. The summed E-state index contributed by atoms with van der Waals surface area (Å²) in [5.74, 6) is 0.0179. The maximum atomic E-state index is 12.9. The summed E-state index contributed by atoms with van der Waals surface area (Å²) in [4.78, 5) is 15.8. The van der Waals surface area contributed by atoms with E-state index < -0.39 is 0 Å². The van der Waals surface area contributed by atoms with Crippen LogP contribution in [0.25, 0.3) is 0 Å². The number of thiophene rings is 1. The molecule has 1 amide bonds. The number of hydrogen-bond acceptors (Lipinski definition) is 3. The van der Waals surface area contributed by atoms with E-state index in [4.69, 9.17) is 18.0 Å².